The van der Waals surface area contributed by atoms with Crippen molar-refractivity contribution in [3.05, 3.63) is 22.8 Å². The Morgan fingerprint density at radius 2 is 2.23 bits per heavy atom. The summed E-state index contributed by atoms with van der Waals surface area (Å²) in [6.45, 7) is 1.29. The largest absolute Gasteiger partial charge is 0.383 e. The quantitative estimate of drug-likeness (QED) is 0.823. The first-order valence-corrected chi connectivity index (χ1v) is 7.51. The maximum absolute atomic E-state index is 12.0. The molecular formula is C15H22ClN3O3. The number of carbonyl (C=O) groups is 1. The average Bonchev–Trinajstić information content (AvgIpc) is 2.89. The van der Waals surface area contributed by atoms with E-state index in [1.54, 1.807) is 40.6 Å². The Bertz CT molecular complexity index is 539. The molecule has 7 heteroatoms. The van der Waals surface area contributed by atoms with Gasteiger partial charge in [-0.05, 0) is 12.5 Å². The highest BCUT2D eigenvalue weighted by Crippen LogP contribution is 2.31. The molecule has 0 aromatic carbocycles. The summed E-state index contributed by atoms with van der Waals surface area (Å²) in [5.41, 5.74) is 0.476. The second-order valence-electron chi connectivity index (χ2n) is 5.58. The number of hydrogen-bond acceptors (Lipinski definition) is 5. The van der Waals surface area contributed by atoms with Crippen LogP contribution in [0, 0.1) is 0 Å². The van der Waals surface area contributed by atoms with Crippen LogP contribution in [0.4, 0.5) is 5.82 Å². The Balaban J connectivity index is 2.26. The van der Waals surface area contributed by atoms with Gasteiger partial charge in [0, 0.05) is 41.1 Å². The molecule has 0 aliphatic carbocycles. The van der Waals surface area contributed by atoms with Gasteiger partial charge in [0.1, 0.15) is 5.82 Å². The lowest BCUT2D eigenvalue weighted by Gasteiger charge is -2.26. The predicted octanol–water partition coefficient (Wildman–Crippen LogP) is 1.68. The van der Waals surface area contributed by atoms with Gasteiger partial charge in [0.2, 0.25) is 0 Å². The van der Waals surface area contributed by atoms with Crippen LogP contribution in [-0.4, -0.2) is 69.4 Å². The molecule has 1 aromatic heterocycles. The number of ether oxygens (including phenoxy) is 2. The fourth-order valence-corrected chi connectivity index (χ4v) is 2.95. The number of methoxy groups -OCH3 is 2. The van der Waals surface area contributed by atoms with Crippen molar-refractivity contribution >= 4 is 23.3 Å². The SMILES string of the molecule is COC[C@@H]1C[C@H](OC)CN1c1ncc(C(=O)N(C)C)cc1Cl. The van der Waals surface area contributed by atoms with Gasteiger partial charge in [-0.15, -0.1) is 0 Å². The van der Waals surface area contributed by atoms with E-state index in [-0.39, 0.29) is 18.1 Å². The third kappa shape index (κ3) is 3.51. The molecule has 22 heavy (non-hydrogen) atoms. The highest BCUT2D eigenvalue weighted by molar-refractivity contribution is 6.33. The standard InChI is InChI=1S/C15H22ClN3O3/c1-18(2)15(20)10-5-13(16)14(17-7-10)19-8-12(22-4)6-11(19)9-21-3/h5,7,11-12H,6,8-9H2,1-4H3/t11-,12-/m0/s1. The Morgan fingerprint density at radius 3 is 2.77 bits per heavy atom. The zero-order valence-electron chi connectivity index (χ0n) is 13.4. The molecule has 0 unspecified atom stereocenters. The van der Waals surface area contributed by atoms with Gasteiger partial charge in [-0.1, -0.05) is 11.6 Å². The molecule has 1 saturated heterocycles. The lowest BCUT2D eigenvalue weighted by molar-refractivity contribution is 0.0827. The molecular weight excluding hydrogens is 306 g/mol. The molecule has 0 saturated carbocycles. The van der Waals surface area contributed by atoms with Crippen LogP contribution < -0.4 is 4.90 Å². The van der Waals surface area contributed by atoms with Crippen LogP contribution in [0.25, 0.3) is 0 Å². The summed E-state index contributed by atoms with van der Waals surface area (Å²) in [7, 11) is 6.77. The van der Waals surface area contributed by atoms with Crippen LogP contribution in [0.15, 0.2) is 12.3 Å². The van der Waals surface area contributed by atoms with Crippen molar-refractivity contribution in [1.29, 1.82) is 0 Å². The van der Waals surface area contributed by atoms with Gasteiger partial charge < -0.3 is 19.3 Å². The van der Waals surface area contributed by atoms with E-state index >= 15 is 0 Å². The van der Waals surface area contributed by atoms with Crippen molar-refractivity contribution in [2.45, 2.75) is 18.6 Å². The van der Waals surface area contributed by atoms with E-state index in [9.17, 15) is 4.79 Å². The summed E-state index contributed by atoms with van der Waals surface area (Å²) in [6.07, 6.45) is 2.55. The zero-order chi connectivity index (χ0) is 16.3. The third-order valence-corrected chi connectivity index (χ3v) is 4.09. The maximum atomic E-state index is 12.0. The summed E-state index contributed by atoms with van der Waals surface area (Å²) in [6, 6.07) is 1.83. The van der Waals surface area contributed by atoms with Gasteiger partial charge in [-0.2, -0.15) is 0 Å². The van der Waals surface area contributed by atoms with E-state index in [2.05, 4.69) is 9.88 Å². The fourth-order valence-electron chi connectivity index (χ4n) is 2.67. The van der Waals surface area contributed by atoms with Crippen LogP contribution in [0.3, 0.4) is 0 Å². The summed E-state index contributed by atoms with van der Waals surface area (Å²) < 4.78 is 10.7. The molecule has 6 nitrogen and oxygen atoms in total. The first-order valence-electron chi connectivity index (χ1n) is 7.13. The van der Waals surface area contributed by atoms with Gasteiger partial charge in [0.05, 0.1) is 29.3 Å². The minimum absolute atomic E-state index is 0.120. The van der Waals surface area contributed by atoms with Crippen LogP contribution in [0.1, 0.15) is 16.8 Å². The lowest BCUT2D eigenvalue weighted by atomic mass is 10.2. The molecule has 1 amide bonds. The van der Waals surface area contributed by atoms with Gasteiger partial charge in [0.25, 0.3) is 5.91 Å². The average molecular weight is 328 g/mol. The van der Waals surface area contributed by atoms with Crippen molar-refractivity contribution in [2.75, 3.05) is 46.4 Å². The number of anilines is 1. The zero-order valence-corrected chi connectivity index (χ0v) is 14.1. The minimum Gasteiger partial charge on any atom is -0.383 e. The topological polar surface area (TPSA) is 54.9 Å². The molecule has 0 radical (unpaired) electrons. The molecule has 0 N–H and O–H groups in total. The van der Waals surface area contributed by atoms with Crippen LogP contribution >= 0.6 is 11.6 Å². The summed E-state index contributed by atoms with van der Waals surface area (Å²) in [5, 5.41) is 0.463. The highest BCUT2D eigenvalue weighted by Gasteiger charge is 2.34. The molecule has 2 rings (SSSR count). The van der Waals surface area contributed by atoms with E-state index < -0.39 is 0 Å². The van der Waals surface area contributed by atoms with E-state index in [4.69, 9.17) is 21.1 Å². The Morgan fingerprint density at radius 1 is 1.50 bits per heavy atom. The Hall–Kier alpha value is -1.37. The van der Waals surface area contributed by atoms with Crippen molar-refractivity contribution in [3.8, 4) is 0 Å². The van der Waals surface area contributed by atoms with Crippen LogP contribution in [0.5, 0.6) is 0 Å². The number of rotatable bonds is 5. The number of hydrogen-bond donors (Lipinski definition) is 0. The predicted molar refractivity (Wildman–Crippen MR) is 85.7 cm³/mol. The van der Waals surface area contributed by atoms with E-state index in [0.717, 1.165) is 6.42 Å². The summed E-state index contributed by atoms with van der Waals surface area (Å²) in [5.74, 6) is 0.546. The number of amides is 1. The first kappa shape index (κ1) is 17.0. The smallest absolute Gasteiger partial charge is 0.254 e. The van der Waals surface area contributed by atoms with E-state index in [1.807, 2.05) is 0 Å². The second kappa shape index (κ2) is 7.26. The number of nitrogens with zero attached hydrogens (tertiary/aromatic N) is 3. The number of carbonyl (C=O) groups excluding carboxylic acids is 1. The molecule has 1 aliphatic heterocycles. The van der Waals surface area contributed by atoms with Crippen molar-refractivity contribution in [2.24, 2.45) is 0 Å². The monoisotopic (exact) mass is 327 g/mol. The normalized spacial score (nSPS) is 21.2. The fraction of sp³-hybridized carbons (Fsp3) is 0.600. The van der Waals surface area contributed by atoms with Crippen molar-refractivity contribution in [1.82, 2.24) is 9.88 Å². The van der Waals surface area contributed by atoms with E-state index in [1.165, 1.54) is 4.90 Å². The van der Waals surface area contributed by atoms with Crippen LogP contribution in [0.2, 0.25) is 5.02 Å². The Kier molecular flexibility index (Phi) is 5.61. The summed E-state index contributed by atoms with van der Waals surface area (Å²) in [4.78, 5) is 20.0. The molecule has 2 heterocycles. The molecule has 1 fully saturated rings. The van der Waals surface area contributed by atoms with Gasteiger partial charge in [-0.25, -0.2) is 4.98 Å². The molecule has 0 bridgehead atoms. The lowest BCUT2D eigenvalue weighted by Crippen LogP contribution is -2.34. The van der Waals surface area contributed by atoms with Crippen LogP contribution in [-0.2, 0) is 9.47 Å². The number of pyridine rings is 1. The molecule has 122 valence electrons. The molecule has 0 spiro atoms. The van der Waals surface area contributed by atoms with Gasteiger partial charge >= 0.3 is 0 Å². The van der Waals surface area contributed by atoms with Gasteiger partial charge in [-0.3, -0.25) is 4.79 Å². The third-order valence-electron chi connectivity index (χ3n) is 3.82. The molecule has 2 atom stereocenters. The second-order valence-corrected chi connectivity index (χ2v) is 5.99. The Labute approximate surface area is 136 Å². The van der Waals surface area contributed by atoms with E-state index in [0.29, 0.717) is 29.6 Å². The number of aromatic nitrogens is 1. The highest BCUT2D eigenvalue weighted by atomic mass is 35.5. The minimum atomic E-state index is -0.120. The van der Waals surface area contributed by atoms with Gasteiger partial charge in [0.15, 0.2) is 0 Å². The summed E-state index contributed by atoms with van der Waals surface area (Å²) >= 11 is 6.36. The number of halogens is 1. The van der Waals surface area contributed by atoms with Crippen molar-refractivity contribution in [3.63, 3.8) is 0 Å². The first-order chi connectivity index (χ1) is 10.5. The maximum Gasteiger partial charge on any atom is 0.254 e. The molecule has 1 aliphatic rings. The molecule has 1 aromatic rings. The van der Waals surface area contributed by atoms with Crippen molar-refractivity contribution < 1.29 is 14.3 Å².